The zero-order chi connectivity index (χ0) is 12.3. The summed E-state index contributed by atoms with van der Waals surface area (Å²) in [5.41, 5.74) is 6.81. The maximum absolute atomic E-state index is 6.22. The van der Waals surface area contributed by atoms with Crippen molar-refractivity contribution in [2.75, 3.05) is 20.6 Å². The third-order valence-corrected chi connectivity index (χ3v) is 3.31. The van der Waals surface area contributed by atoms with Gasteiger partial charge in [-0.1, -0.05) is 36.2 Å². The zero-order valence-corrected chi connectivity index (χ0v) is 11.4. The van der Waals surface area contributed by atoms with E-state index < -0.39 is 0 Å². The Labute approximate surface area is 107 Å². The molecule has 1 aromatic carbocycles. The van der Waals surface area contributed by atoms with Crippen LogP contribution in [0.15, 0.2) is 18.2 Å². The topological polar surface area (TPSA) is 29.3 Å². The van der Waals surface area contributed by atoms with Crippen molar-refractivity contribution in [3.05, 3.63) is 33.8 Å². The van der Waals surface area contributed by atoms with Gasteiger partial charge in [0.1, 0.15) is 0 Å². The summed E-state index contributed by atoms with van der Waals surface area (Å²) < 4.78 is 0. The molecule has 0 aliphatic heterocycles. The van der Waals surface area contributed by atoms with E-state index in [1.165, 1.54) is 0 Å². The number of hydrogen-bond donors (Lipinski definition) is 1. The van der Waals surface area contributed by atoms with Crippen molar-refractivity contribution >= 4 is 23.2 Å². The molecule has 2 unspecified atom stereocenters. The van der Waals surface area contributed by atoms with E-state index in [0.29, 0.717) is 22.5 Å². The maximum Gasteiger partial charge on any atom is 0.0468 e. The van der Waals surface area contributed by atoms with Crippen molar-refractivity contribution in [1.29, 1.82) is 0 Å². The van der Waals surface area contributed by atoms with Gasteiger partial charge in [0.25, 0.3) is 0 Å². The normalized spacial score (nSPS) is 15.2. The minimum atomic E-state index is 0.217. The average Bonchev–Trinajstić information content (AvgIpc) is 2.21. The van der Waals surface area contributed by atoms with E-state index in [1.807, 2.05) is 26.2 Å². The van der Waals surface area contributed by atoms with E-state index in [-0.39, 0.29) is 6.04 Å². The quantitative estimate of drug-likeness (QED) is 0.901. The molecule has 16 heavy (non-hydrogen) atoms. The summed E-state index contributed by atoms with van der Waals surface area (Å²) in [6, 6.07) is 5.83. The molecule has 0 aromatic heterocycles. The Morgan fingerprint density at radius 1 is 1.31 bits per heavy atom. The van der Waals surface area contributed by atoms with Gasteiger partial charge in [-0.15, -0.1) is 0 Å². The SMILES string of the molecule is CC(CN)C(c1ccc(Cl)cc1Cl)N(C)C. The molecule has 2 atom stereocenters. The number of nitrogens with two attached hydrogens (primary N) is 1. The number of nitrogens with zero attached hydrogens (tertiary/aromatic N) is 1. The highest BCUT2D eigenvalue weighted by molar-refractivity contribution is 6.35. The van der Waals surface area contributed by atoms with Crippen LogP contribution in [0.4, 0.5) is 0 Å². The molecule has 1 aromatic rings. The van der Waals surface area contributed by atoms with Crippen LogP contribution in [-0.4, -0.2) is 25.5 Å². The number of rotatable bonds is 4. The predicted molar refractivity (Wildman–Crippen MR) is 71.1 cm³/mol. The Morgan fingerprint density at radius 3 is 2.38 bits per heavy atom. The van der Waals surface area contributed by atoms with Gasteiger partial charge in [0, 0.05) is 16.1 Å². The summed E-state index contributed by atoms with van der Waals surface area (Å²) in [5.74, 6) is 0.341. The lowest BCUT2D eigenvalue weighted by atomic mass is 9.93. The van der Waals surface area contributed by atoms with Gasteiger partial charge < -0.3 is 10.6 Å². The Bertz CT molecular complexity index is 353. The fourth-order valence-corrected chi connectivity index (χ4v) is 2.48. The lowest BCUT2D eigenvalue weighted by molar-refractivity contribution is 0.227. The smallest absolute Gasteiger partial charge is 0.0468 e. The molecule has 0 radical (unpaired) electrons. The van der Waals surface area contributed by atoms with Gasteiger partial charge >= 0.3 is 0 Å². The molecule has 0 amide bonds. The molecule has 1 rings (SSSR count). The van der Waals surface area contributed by atoms with Crippen LogP contribution in [0.5, 0.6) is 0 Å². The predicted octanol–water partition coefficient (Wildman–Crippen LogP) is 3.19. The van der Waals surface area contributed by atoms with Gasteiger partial charge in [0.05, 0.1) is 0 Å². The molecule has 2 nitrogen and oxygen atoms in total. The van der Waals surface area contributed by atoms with E-state index in [9.17, 15) is 0 Å². The summed E-state index contributed by atoms with van der Waals surface area (Å²) in [5, 5.41) is 1.36. The summed E-state index contributed by atoms with van der Waals surface area (Å²) in [6.45, 7) is 2.75. The van der Waals surface area contributed by atoms with Crippen LogP contribution in [0.1, 0.15) is 18.5 Å². The minimum absolute atomic E-state index is 0.217. The lowest BCUT2D eigenvalue weighted by Gasteiger charge is -2.30. The first-order valence-electron chi connectivity index (χ1n) is 5.28. The molecular weight excluding hydrogens is 243 g/mol. The largest absolute Gasteiger partial charge is 0.330 e. The first kappa shape index (κ1) is 13.8. The van der Waals surface area contributed by atoms with Gasteiger partial charge in [-0.25, -0.2) is 0 Å². The summed E-state index contributed by atoms with van der Waals surface area (Å²) in [4.78, 5) is 2.13. The van der Waals surface area contributed by atoms with Crippen LogP contribution in [0.2, 0.25) is 10.0 Å². The van der Waals surface area contributed by atoms with E-state index in [0.717, 1.165) is 5.56 Å². The van der Waals surface area contributed by atoms with Crippen LogP contribution < -0.4 is 5.73 Å². The van der Waals surface area contributed by atoms with Crippen molar-refractivity contribution in [3.8, 4) is 0 Å². The fraction of sp³-hybridized carbons (Fsp3) is 0.500. The molecule has 0 heterocycles. The molecule has 4 heteroatoms. The molecule has 0 saturated heterocycles. The van der Waals surface area contributed by atoms with Gasteiger partial charge in [0.2, 0.25) is 0 Å². The molecule has 0 fully saturated rings. The van der Waals surface area contributed by atoms with Crippen molar-refractivity contribution in [2.24, 2.45) is 11.7 Å². The highest BCUT2D eigenvalue weighted by Gasteiger charge is 2.22. The summed E-state index contributed by atoms with van der Waals surface area (Å²) >= 11 is 12.1. The third kappa shape index (κ3) is 3.11. The van der Waals surface area contributed by atoms with Crippen molar-refractivity contribution in [3.63, 3.8) is 0 Å². The monoisotopic (exact) mass is 260 g/mol. The zero-order valence-electron chi connectivity index (χ0n) is 9.87. The molecule has 0 aliphatic rings. The van der Waals surface area contributed by atoms with Crippen LogP contribution in [0.25, 0.3) is 0 Å². The second kappa shape index (κ2) is 5.87. The van der Waals surface area contributed by atoms with Gasteiger partial charge in [0.15, 0.2) is 0 Å². The molecule has 2 N–H and O–H groups in total. The third-order valence-electron chi connectivity index (χ3n) is 2.75. The molecule has 90 valence electrons. The number of hydrogen-bond acceptors (Lipinski definition) is 2. The maximum atomic E-state index is 6.22. The molecule has 0 aliphatic carbocycles. The van der Waals surface area contributed by atoms with Crippen molar-refractivity contribution in [2.45, 2.75) is 13.0 Å². The molecule has 0 saturated carbocycles. The van der Waals surface area contributed by atoms with Crippen molar-refractivity contribution in [1.82, 2.24) is 4.90 Å². The fourth-order valence-electron chi connectivity index (χ4n) is 1.96. The Hall–Kier alpha value is -0.280. The lowest BCUT2D eigenvalue weighted by Crippen LogP contribution is -2.30. The van der Waals surface area contributed by atoms with Crippen LogP contribution in [0.3, 0.4) is 0 Å². The van der Waals surface area contributed by atoms with E-state index in [4.69, 9.17) is 28.9 Å². The van der Waals surface area contributed by atoms with Crippen LogP contribution in [-0.2, 0) is 0 Å². The Morgan fingerprint density at radius 2 is 1.94 bits per heavy atom. The van der Waals surface area contributed by atoms with E-state index >= 15 is 0 Å². The van der Waals surface area contributed by atoms with Crippen LogP contribution >= 0.6 is 23.2 Å². The van der Waals surface area contributed by atoms with Gasteiger partial charge in [-0.2, -0.15) is 0 Å². The number of benzene rings is 1. The standard InChI is InChI=1S/C12H18Cl2N2/c1-8(7-15)12(16(2)3)10-5-4-9(13)6-11(10)14/h4-6,8,12H,7,15H2,1-3H3. The second-order valence-corrected chi connectivity index (χ2v) is 5.13. The van der Waals surface area contributed by atoms with Crippen LogP contribution in [0, 0.1) is 5.92 Å². The highest BCUT2D eigenvalue weighted by Crippen LogP contribution is 2.33. The Kier molecular flexibility index (Phi) is 5.06. The minimum Gasteiger partial charge on any atom is -0.330 e. The average molecular weight is 261 g/mol. The highest BCUT2D eigenvalue weighted by atomic mass is 35.5. The molecular formula is C12H18Cl2N2. The molecule has 0 bridgehead atoms. The van der Waals surface area contributed by atoms with E-state index in [2.05, 4.69) is 11.8 Å². The Balaban J connectivity index is 3.11. The van der Waals surface area contributed by atoms with Gasteiger partial charge in [-0.05, 0) is 44.3 Å². The first-order chi connectivity index (χ1) is 7.47. The van der Waals surface area contributed by atoms with Gasteiger partial charge in [-0.3, -0.25) is 0 Å². The van der Waals surface area contributed by atoms with Crippen molar-refractivity contribution < 1.29 is 0 Å². The molecule has 0 spiro atoms. The first-order valence-corrected chi connectivity index (χ1v) is 6.04. The second-order valence-electron chi connectivity index (χ2n) is 4.29. The van der Waals surface area contributed by atoms with E-state index in [1.54, 1.807) is 6.07 Å². The summed E-state index contributed by atoms with van der Waals surface area (Å²) in [6.07, 6.45) is 0. The summed E-state index contributed by atoms with van der Waals surface area (Å²) in [7, 11) is 4.06. The number of halogens is 2.